The number of nitrogens with zero attached hydrogens (tertiary/aromatic N) is 2. The quantitative estimate of drug-likeness (QED) is 0.783. The van der Waals surface area contributed by atoms with Gasteiger partial charge in [-0.3, -0.25) is 5.32 Å². The third-order valence-electron chi connectivity index (χ3n) is 3.33. The maximum absolute atomic E-state index is 9.34. The first-order valence-corrected chi connectivity index (χ1v) is 7.02. The summed E-state index contributed by atoms with van der Waals surface area (Å²) in [5, 5.41) is 12.7. The van der Waals surface area contributed by atoms with Crippen LogP contribution in [-0.4, -0.2) is 48.8 Å². The highest BCUT2D eigenvalue weighted by atomic mass is 16.5. The molecule has 0 aromatic rings. The molecule has 0 spiro atoms. The molecule has 1 N–H and O–H groups in total. The van der Waals surface area contributed by atoms with Crippen LogP contribution in [0, 0.1) is 11.3 Å². The first-order chi connectivity index (χ1) is 8.49. The maximum atomic E-state index is 9.34. The Balaban J connectivity index is 2.41. The lowest BCUT2D eigenvalue weighted by Gasteiger charge is -2.37. The van der Waals surface area contributed by atoms with Gasteiger partial charge in [0.05, 0.1) is 12.2 Å². The summed E-state index contributed by atoms with van der Waals surface area (Å²) >= 11 is 0. The normalized spacial score (nSPS) is 21.8. The van der Waals surface area contributed by atoms with Gasteiger partial charge in [0.1, 0.15) is 5.54 Å². The van der Waals surface area contributed by atoms with Crippen molar-refractivity contribution in [3.8, 4) is 6.07 Å². The van der Waals surface area contributed by atoms with E-state index in [9.17, 15) is 5.26 Å². The molecule has 0 aliphatic carbocycles. The van der Waals surface area contributed by atoms with E-state index in [1.54, 1.807) is 0 Å². The van der Waals surface area contributed by atoms with Crippen LogP contribution in [0.4, 0.5) is 0 Å². The van der Waals surface area contributed by atoms with E-state index in [2.05, 4.69) is 30.1 Å². The van der Waals surface area contributed by atoms with Gasteiger partial charge in [-0.2, -0.15) is 5.26 Å². The monoisotopic (exact) mass is 253 g/mol. The summed E-state index contributed by atoms with van der Waals surface area (Å²) in [5.74, 6) is 0. The first-order valence-electron chi connectivity index (χ1n) is 7.02. The van der Waals surface area contributed by atoms with Crippen molar-refractivity contribution in [2.75, 3.05) is 26.2 Å². The van der Waals surface area contributed by atoms with Gasteiger partial charge in [0, 0.05) is 32.3 Å². The molecule has 18 heavy (non-hydrogen) atoms. The summed E-state index contributed by atoms with van der Waals surface area (Å²) in [5.41, 5.74) is -0.452. The SMILES string of the molecule is CCOC1CCN(CC(C)(C#N)NC(C)C)CC1. The molecule has 1 aliphatic rings. The minimum Gasteiger partial charge on any atom is -0.378 e. The van der Waals surface area contributed by atoms with Gasteiger partial charge < -0.3 is 9.64 Å². The van der Waals surface area contributed by atoms with Crippen LogP contribution >= 0.6 is 0 Å². The summed E-state index contributed by atoms with van der Waals surface area (Å²) in [6, 6.07) is 2.74. The van der Waals surface area contributed by atoms with Crippen molar-refractivity contribution in [2.24, 2.45) is 0 Å². The predicted octanol–water partition coefficient (Wildman–Crippen LogP) is 1.77. The Morgan fingerprint density at radius 1 is 1.44 bits per heavy atom. The zero-order valence-corrected chi connectivity index (χ0v) is 12.2. The molecule has 0 radical (unpaired) electrons. The van der Waals surface area contributed by atoms with Crippen molar-refractivity contribution in [3.05, 3.63) is 0 Å². The van der Waals surface area contributed by atoms with Crippen molar-refractivity contribution >= 4 is 0 Å². The van der Waals surface area contributed by atoms with Crippen molar-refractivity contribution in [3.63, 3.8) is 0 Å². The van der Waals surface area contributed by atoms with Crippen LogP contribution in [0.25, 0.3) is 0 Å². The molecule has 0 aromatic carbocycles. The van der Waals surface area contributed by atoms with Crippen molar-refractivity contribution in [2.45, 2.75) is 58.2 Å². The lowest BCUT2D eigenvalue weighted by Crippen LogP contribution is -2.54. The van der Waals surface area contributed by atoms with Crippen LogP contribution in [0.5, 0.6) is 0 Å². The minimum atomic E-state index is -0.452. The van der Waals surface area contributed by atoms with E-state index < -0.39 is 5.54 Å². The molecule has 1 unspecified atom stereocenters. The summed E-state index contributed by atoms with van der Waals surface area (Å²) < 4.78 is 5.64. The average Bonchev–Trinajstić information content (AvgIpc) is 2.31. The molecule has 4 heteroatoms. The number of piperidine rings is 1. The highest BCUT2D eigenvalue weighted by Crippen LogP contribution is 2.16. The van der Waals surface area contributed by atoms with E-state index in [-0.39, 0.29) is 0 Å². The Bertz CT molecular complexity index is 279. The summed E-state index contributed by atoms with van der Waals surface area (Å²) in [6.07, 6.45) is 2.58. The number of likely N-dealkylation sites (tertiary alicyclic amines) is 1. The van der Waals surface area contributed by atoms with E-state index in [4.69, 9.17) is 4.74 Å². The van der Waals surface area contributed by atoms with E-state index >= 15 is 0 Å². The van der Waals surface area contributed by atoms with Crippen LogP contribution in [0.3, 0.4) is 0 Å². The van der Waals surface area contributed by atoms with Crippen molar-refractivity contribution in [1.82, 2.24) is 10.2 Å². The van der Waals surface area contributed by atoms with Crippen LogP contribution in [0.1, 0.15) is 40.5 Å². The van der Waals surface area contributed by atoms with Crippen LogP contribution in [0.15, 0.2) is 0 Å². The summed E-state index contributed by atoms with van der Waals surface area (Å²) in [4.78, 5) is 2.37. The highest BCUT2D eigenvalue weighted by Gasteiger charge is 2.29. The second-order valence-electron chi connectivity index (χ2n) is 5.67. The van der Waals surface area contributed by atoms with Crippen LogP contribution in [-0.2, 0) is 4.74 Å². The van der Waals surface area contributed by atoms with Gasteiger partial charge in [0.25, 0.3) is 0 Å². The Hall–Kier alpha value is -0.630. The molecule has 104 valence electrons. The number of rotatable bonds is 6. The van der Waals surface area contributed by atoms with Gasteiger partial charge in [0.15, 0.2) is 0 Å². The highest BCUT2D eigenvalue weighted by molar-refractivity contribution is 5.06. The summed E-state index contributed by atoms with van der Waals surface area (Å²) in [6.45, 7) is 11.8. The Labute approximate surface area is 111 Å². The number of hydrogen-bond acceptors (Lipinski definition) is 4. The Morgan fingerprint density at radius 2 is 2.06 bits per heavy atom. The molecule has 1 rings (SSSR count). The molecule has 0 amide bonds. The van der Waals surface area contributed by atoms with Gasteiger partial charge in [0.2, 0.25) is 0 Å². The molecule has 0 aromatic heterocycles. The minimum absolute atomic E-state index is 0.329. The number of nitriles is 1. The largest absolute Gasteiger partial charge is 0.378 e. The molecular weight excluding hydrogens is 226 g/mol. The van der Waals surface area contributed by atoms with E-state index in [1.807, 2.05) is 13.8 Å². The van der Waals surface area contributed by atoms with Crippen molar-refractivity contribution < 1.29 is 4.74 Å². The molecule has 1 aliphatic heterocycles. The third-order valence-corrected chi connectivity index (χ3v) is 3.33. The van der Waals surface area contributed by atoms with Gasteiger partial charge in [-0.05, 0) is 40.5 Å². The molecule has 1 atom stereocenters. The second kappa shape index (κ2) is 7.08. The Morgan fingerprint density at radius 3 is 2.50 bits per heavy atom. The first kappa shape index (κ1) is 15.4. The van der Waals surface area contributed by atoms with E-state index in [0.29, 0.717) is 12.1 Å². The molecule has 0 saturated carbocycles. The number of ether oxygens (including phenoxy) is 1. The maximum Gasteiger partial charge on any atom is 0.116 e. The van der Waals surface area contributed by atoms with E-state index in [1.165, 1.54) is 0 Å². The average molecular weight is 253 g/mol. The number of nitrogens with one attached hydrogen (secondary N) is 1. The zero-order valence-electron chi connectivity index (χ0n) is 12.2. The lowest BCUT2D eigenvalue weighted by molar-refractivity contribution is 0.0105. The standard InChI is InChI=1S/C14H27N3O/c1-5-18-13-6-8-17(9-7-13)11-14(4,10-15)16-12(2)3/h12-13,16H,5-9,11H2,1-4H3. The fourth-order valence-corrected chi connectivity index (χ4v) is 2.67. The molecule has 1 saturated heterocycles. The lowest BCUT2D eigenvalue weighted by atomic mass is 10.00. The molecule has 1 fully saturated rings. The fraction of sp³-hybridized carbons (Fsp3) is 0.929. The topological polar surface area (TPSA) is 48.3 Å². The van der Waals surface area contributed by atoms with Crippen LogP contribution in [0.2, 0.25) is 0 Å². The molecular formula is C14H27N3O. The van der Waals surface area contributed by atoms with Crippen molar-refractivity contribution in [1.29, 1.82) is 5.26 Å². The van der Waals surface area contributed by atoms with E-state index in [0.717, 1.165) is 39.1 Å². The van der Waals surface area contributed by atoms with Gasteiger partial charge in [-0.1, -0.05) is 0 Å². The molecule has 4 nitrogen and oxygen atoms in total. The predicted molar refractivity (Wildman–Crippen MR) is 73.4 cm³/mol. The van der Waals surface area contributed by atoms with Gasteiger partial charge in [-0.25, -0.2) is 0 Å². The molecule has 1 heterocycles. The Kier molecular flexibility index (Phi) is 6.07. The third kappa shape index (κ3) is 4.93. The smallest absolute Gasteiger partial charge is 0.116 e. The number of hydrogen-bond donors (Lipinski definition) is 1. The second-order valence-corrected chi connectivity index (χ2v) is 5.67. The van der Waals surface area contributed by atoms with Gasteiger partial charge >= 0.3 is 0 Å². The zero-order chi connectivity index (χ0) is 13.6. The van der Waals surface area contributed by atoms with Crippen LogP contribution < -0.4 is 5.32 Å². The summed E-state index contributed by atoms with van der Waals surface area (Å²) in [7, 11) is 0. The molecule has 0 bridgehead atoms. The fourth-order valence-electron chi connectivity index (χ4n) is 2.67. The van der Waals surface area contributed by atoms with Gasteiger partial charge in [-0.15, -0.1) is 0 Å².